The second kappa shape index (κ2) is 7.86. The minimum Gasteiger partial charge on any atom is -0.467 e. The lowest BCUT2D eigenvalue weighted by molar-refractivity contribution is 0.0319. The number of carbonyl (C=O) groups excluding carboxylic acids is 3. The molecule has 3 heterocycles. The van der Waals surface area contributed by atoms with Gasteiger partial charge >= 0.3 is 5.97 Å². The molecule has 0 bridgehead atoms. The standard InChI is InChI=1S/C24H17N3O6/c1-13(20-25-19-7-3-2-6-17(19)21(28)26-20)33-24(31)14-8-9-16-18(11-14)23(30)27(22(16)29)12-15-5-4-10-32-15/h2-11,13H,12H2,1H3,(H,25,26,28)/t13-/m0/s1. The third-order valence-electron chi connectivity index (χ3n) is 5.40. The number of aromatic amines is 1. The van der Waals surface area contributed by atoms with Gasteiger partial charge in [-0.05, 0) is 49.4 Å². The van der Waals surface area contributed by atoms with Gasteiger partial charge in [0.05, 0.1) is 40.4 Å². The quantitative estimate of drug-likeness (QED) is 0.371. The molecule has 2 aromatic carbocycles. The summed E-state index contributed by atoms with van der Waals surface area (Å²) < 4.78 is 10.7. The fourth-order valence-electron chi connectivity index (χ4n) is 3.70. The number of H-pyrrole nitrogens is 1. The van der Waals surface area contributed by atoms with Crippen LogP contribution < -0.4 is 5.56 Å². The molecule has 1 aliphatic rings. The van der Waals surface area contributed by atoms with E-state index in [0.29, 0.717) is 16.7 Å². The van der Waals surface area contributed by atoms with Gasteiger partial charge in [-0.15, -0.1) is 0 Å². The zero-order valence-electron chi connectivity index (χ0n) is 17.4. The normalized spacial score (nSPS) is 13.9. The second-order valence-corrected chi connectivity index (χ2v) is 7.55. The Hall–Kier alpha value is -4.53. The number of imide groups is 1. The number of aromatic nitrogens is 2. The van der Waals surface area contributed by atoms with E-state index >= 15 is 0 Å². The van der Waals surface area contributed by atoms with Crippen LogP contribution in [0.5, 0.6) is 0 Å². The molecule has 2 aromatic heterocycles. The van der Waals surface area contributed by atoms with Crippen LogP contribution in [-0.4, -0.2) is 32.7 Å². The summed E-state index contributed by atoms with van der Waals surface area (Å²) >= 11 is 0. The first kappa shape index (κ1) is 20.4. The van der Waals surface area contributed by atoms with Gasteiger partial charge in [-0.1, -0.05) is 12.1 Å². The number of rotatable bonds is 5. The predicted molar refractivity (Wildman–Crippen MR) is 116 cm³/mol. The molecule has 0 spiro atoms. The van der Waals surface area contributed by atoms with Gasteiger partial charge in [0.25, 0.3) is 17.4 Å². The molecule has 1 aliphatic heterocycles. The maximum atomic E-state index is 12.8. The first-order chi connectivity index (χ1) is 15.9. The summed E-state index contributed by atoms with van der Waals surface area (Å²) in [5.41, 5.74) is 0.571. The molecule has 0 radical (unpaired) electrons. The average molecular weight is 443 g/mol. The van der Waals surface area contributed by atoms with E-state index in [4.69, 9.17) is 9.15 Å². The Bertz CT molecular complexity index is 1470. The number of hydrogen-bond acceptors (Lipinski definition) is 7. The molecule has 1 N–H and O–H groups in total. The first-order valence-electron chi connectivity index (χ1n) is 10.1. The molecular weight excluding hydrogens is 426 g/mol. The third kappa shape index (κ3) is 3.59. The van der Waals surface area contributed by atoms with Crippen LogP contribution in [0.25, 0.3) is 10.9 Å². The third-order valence-corrected chi connectivity index (χ3v) is 5.40. The Labute approximate surface area is 186 Å². The number of furan rings is 1. The largest absolute Gasteiger partial charge is 0.467 e. The Kier molecular flexibility index (Phi) is 4.86. The summed E-state index contributed by atoms with van der Waals surface area (Å²) in [6, 6.07) is 14.4. The lowest BCUT2D eigenvalue weighted by atomic mass is 10.1. The second-order valence-electron chi connectivity index (χ2n) is 7.55. The fraction of sp³-hybridized carbons (Fsp3) is 0.125. The van der Waals surface area contributed by atoms with Gasteiger partial charge < -0.3 is 14.1 Å². The predicted octanol–water partition coefficient (Wildman–Crippen LogP) is 3.23. The van der Waals surface area contributed by atoms with E-state index in [9.17, 15) is 19.2 Å². The Morgan fingerprint density at radius 1 is 1.06 bits per heavy atom. The molecule has 33 heavy (non-hydrogen) atoms. The molecule has 0 unspecified atom stereocenters. The van der Waals surface area contributed by atoms with Gasteiger partial charge in [0.1, 0.15) is 5.76 Å². The van der Waals surface area contributed by atoms with Crippen LogP contribution in [0.4, 0.5) is 0 Å². The highest BCUT2D eigenvalue weighted by molar-refractivity contribution is 6.21. The van der Waals surface area contributed by atoms with Crippen LogP contribution in [0.3, 0.4) is 0 Å². The van der Waals surface area contributed by atoms with Crippen molar-refractivity contribution in [2.75, 3.05) is 0 Å². The van der Waals surface area contributed by atoms with Gasteiger partial charge in [-0.3, -0.25) is 19.3 Å². The van der Waals surface area contributed by atoms with Crippen molar-refractivity contribution >= 4 is 28.7 Å². The molecule has 0 aliphatic carbocycles. The molecule has 9 heteroatoms. The summed E-state index contributed by atoms with van der Waals surface area (Å²) in [6.07, 6.45) is 0.608. The monoisotopic (exact) mass is 443 g/mol. The highest BCUT2D eigenvalue weighted by Gasteiger charge is 2.36. The summed E-state index contributed by atoms with van der Waals surface area (Å²) in [4.78, 5) is 58.5. The smallest absolute Gasteiger partial charge is 0.338 e. The Balaban J connectivity index is 1.37. The van der Waals surface area contributed by atoms with Crippen LogP contribution in [0.15, 0.2) is 70.1 Å². The number of nitrogens with zero attached hydrogens (tertiary/aromatic N) is 2. The van der Waals surface area contributed by atoms with Crippen LogP contribution in [-0.2, 0) is 11.3 Å². The van der Waals surface area contributed by atoms with Crippen LogP contribution in [0.1, 0.15) is 55.7 Å². The molecular formula is C24H17N3O6. The van der Waals surface area contributed by atoms with Gasteiger partial charge in [-0.25, -0.2) is 9.78 Å². The summed E-state index contributed by atoms with van der Waals surface area (Å²) in [5.74, 6) is -1.03. The minimum absolute atomic E-state index is 0.00282. The van der Waals surface area contributed by atoms with Gasteiger partial charge in [-0.2, -0.15) is 0 Å². The van der Waals surface area contributed by atoms with E-state index in [1.54, 1.807) is 43.3 Å². The lowest BCUT2D eigenvalue weighted by Crippen LogP contribution is -2.28. The molecule has 2 amide bonds. The summed E-state index contributed by atoms with van der Waals surface area (Å²) in [7, 11) is 0. The average Bonchev–Trinajstić information content (AvgIpc) is 3.42. The molecule has 1 atom stereocenters. The van der Waals surface area contributed by atoms with E-state index in [2.05, 4.69) is 9.97 Å². The number of amides is 2. The molecule has 4 aromatic rings. The molecule has 9 nitrogen and oxygen atoms in total. The fourth-order valence-corrected chi connectivity index (χ4v) is 3.70. The maximum absolute atomic E-state index is 12.8. The summed E-state index contributed by atoms with van der Waals surface area (Å²) in [5, 5.41) is 0.431. The zero-order chi connectivity index (χ0) is 23.1. The number of ether oxygens (including phenoxy) is 1. The van der Waals surface area contributed by atoms with E-state index in [1.807, 2.05) is 0 Å². The SMILES string of the molecule is C[C@H](OC(=O)c1ccc2c(c1)C(=O)N(Cc1ccco1)C2=O)c1nc2ccccc2c(=O)[nH]1. The zero-order valence-corrected chi connectivity index (χ0v) is 17.4. The molecule has 0 saturated carbocycles. The van der Waals surface area contributed by atoms with Gasteiger partial charge in [0.2, 0.25) is 0 Å². The number of para-hydroxylation sites is 1. The summed E-state index contributed by atoms with van der Waals surface area (Å²) in [6.45, 7) is 1.58. The number of nitrogens with one attached hydrogen (secondary N) is 1. The first-order valence-corrected chi connectivity index (χ1v) is 10.1. The van der Waals surface area contributed by atoms with E-state index in [1.165, 1.54) is 24.5 Å². The number of benzene rings is 2. The molecule has 5 rings (SSSR count). The van der Waals surface area contributed by atoms with Crippen molar-refractivity contribution in [3.63, 3.8) is 0 Å². The molecule has 0 fully saturated rings. The van der Waals surface area contributed by atoms with Crippen molar-refractivity contribution in [2.45, 2.75) is 19.6 Å². The highest BCUT2D eigenvalue weighted by Crippen LogP contribution is 2.27. The van der Waals surface area contributed by atoms with E-state index in [-0.39, 0.29) is 34.6 Å². The Morgan fingerprint density at radius 2 is 1.85 bits per heavy atom. The van der Waals surface area contributed by atoms with E-state index < -0.39 is 23.9 Å². The number of carbonyl (C=O) groups is 3. The van der Waals surface area contributed by atoms with Gasteiger partial charge in [0, 0.05) is 0 Å². The van der Waals surface area contributed by atoms with Crippen molar-refractivity contribution in [1.82, 2.24) is 14.9 Å². The van der Waals surface area contributed by atoms with Crippen molar-refractivity contribution in [1.29, 1.82) is 0 Å². The molecule has 164 valence electrons. The lowest BCUT2D eigenvalue weighted by Gasteiger charge is -2.13. The van der Waals surface area contributed by atoms with E-state index in [0.717, 1.165) is 4.90 Å². The number of esters is 1. The minimum atomic E-state index is -0.851. The highest BCUT2D eigenvalue weighted by atomic mass is 16.5. The van der Waals surface area contributed by atoms with Crippen molar-refractivity contribution in [2.24, 2.45) is 0 Å². The van der Waals surface area contributed by atoms with Crippen LogP contribution >= 0.6 is 0 Å². The molecule has 0 saturated heterocycles. The van der Waals surface area contributed by atoms with Gasteiger partial charge in [0.15, 0.2) is 11.9 Å². The maximum Gasteiger partial charge on any atom is 0.338 e. The van der Waals surface area contributed by atoms with Crippen molar-refractivity contribution in [3.05, 3.63) is 99.5 Å². The Morgan fingerprint density at radius 3 is 2.64 bits per heavy atom. The number of hydrogen-bond donors (Lipinski definition) is 1. The van der Waals surface area contributed by atoms with Crippen molar-refractivity contribution in [3.8, 4) is 0 Å². The topological polar surface area (TPSA) is 123 Å². The van der Waals surface area contributed by atoms with Crippen LogP contribution in [0.2, 0.25) is 0 Å². The van der Waals surface area contributed by atoms with Crippen molar-refractivity contribution < 1.29 is 23.5 Å². The van der Waals surface area contributed by atoms with Crippen LogP contribution in [0, 0.1) is 0 Å². The number of fused-ring (bicyclic) bond motifs is 2.